The third-order valence-electron chi connectivity index (χ3n) is 2.38. The smallest absolute Gasteiger partial charge is 0.225 e. The first-order valence-corrected chi connectivity index (χ1v) is 5.72. The topological polar surface area (TPSA) is 20.3 Å². The molecule has 1 unspecified atom stereocenters. The van der Waals surface area contributed by atoms with Crippen molar-refractivity contribution in [2.45, 2.75) is 26.8 Å². The summed E-state index contributed by atoms with van der Waals surface area (Å²) in [4.78, 5) is 14.8. The molecule has 0 aromatic carbocycles. The van der Waals surface area contributed by atoms with Crippen LogP contribution in [0.4, 0.5) is 0 Å². The van der Waals surface area contributed by atoms with Crippen LogP contribution in [0.2, 0.25) is 0 Å². The molecule has 1 atom stereocenters. The van der Waals surface area contributed by atoms with Crippen molar-refractivity contribution in [3.05, 3.63) is 22.4 Å². The Balaban J connectivity index is 2.70. The number of rotatable bonds is 3. The zero-order chi connectivity index (χ0) is 10.7. The van der Waals surface area contributed by atoms with Gasteiger partial charge >= 0.3 is 0 Å². The summed E-state index contributed by atoms with van der Waals surface area (Å²) in [6.07, 6.45) is 0. The number of carbonyl (C=O) groups is 1. The highest BCUT2D eigenvalue weighted by Crippen LogP contribution is 2.24. The molecule has 0 saturated heterocycles. The van der Waals surface area contributed by atoms with E-state index in [0.717, 1.165) is 0 Å². The lowest BCUT2D eigenvalue weighted by Gasteiger charge is -2.25. The summed E-state index contributed by atoms with van der Waals surface area (Å²) in [6.45, 7) is 5.92. The molecule has 0 bridgehead atoms. The van der Waals surface area contributed by atoms with Crippen molar-refractivity contribution in [2.24, 2.45) is 5.92 Å². The van der Waals surface area contributed by atoms with Crippen LogP contribution in [0.3, 0.4) is 0 Å². The summed E-state index contributed by atoms with van der Waals surface area (Å²) >= 11 is 1.69. The fraction of sp³-hybridized carbons (Fsp3) is 0.545. The number of nitrogens with zero attached hydrogens (tertiary/aromatic N) is 1. The van der Waals surface area contributed by atoms with E-state index in [2.05, 4.69) is 13.0 Å². The van der Waals surface area contributed by atoms with Crippen LogP contribution in [-0.2, 0) is 4.79 Å². The Hall–Kier alpha value is -0.830. The van der Waals surface area contributed by atoms with Crippen molar-refractivity contribution in [2.75, 3.05) is 7.05 Å². The van der Waals surface area contributed by atoms with Crippen molar-refractivity contribution < 1.29 is 4.79 Å². The molecule has 1 aromatic heterocycles. The van der Waals surface area contributed by atoms with Gasteiger partial charge in [-0.15, -0.1) is 11.3 Å². The molecule has 0 aliphatic heterocycles. The predicted molar refractivity (Wildman–Crippen MR) is 60.3 cm³/mol. The quantitative estimate of drug-likeness (QED) is 0.752. The monoisotopic (exact) mass is 211 g/mol. The highest BCUT2D eigenvalue weighted by Gasteiger charge is 2.19. The first-order valence-electron chi connectivity index (χ1n) is 4.84. The molecule has 0 aliphatic carbocycles. The average Bonchev–Trinajstić information content (AvgIpc) is 2.67. The van der Waals surface area contributed by atoms with E-state index in [1.54, 1.807) is 11.3 Å². The molecule has 3 heteroatoms. The lowest BCUT2D eigenvalue weighted by Crippen LogP contribution is -2.32. The molecule has 0 N–H and O–H groups in total. The highest BCUT2D eigenvalue weighted by atomic mass is 32.1. The molecule has 14 heavy (non-hydrogen) atoms. The van der Waals surface area contributed by atoms with Crippen molar-refractivity contribution in [3.8, 4) is 0 Å². The second-order valence-electron chi connectivity index (χ2n) is 3.80. The Morgan fingerprint density at radius 1 is 1.43 bits per heavy atom. The Bertz CT molecular complexity index is 292. The molecule has 1 rings (SSSR count). The molecule has 0 saturated carbocycles. The predicted octanol–water partition coefficient (Wildman–Crippen LogP) is 2.92. The Kier molecular flexibility index (Phi) is 3.69. The largest absolute Gasteiger partial charge is 0.338 e. The molecule has 2 nitrogen and oxygen atoms in total. The van der Waals surface area contributed by atoms with Gasteiger partial charge in [0, 0.05) is 17.8 Å². The SMILES string of the molecule is CC(C)C(=O)N(C)C(C)c1cccs1. The normalized spacial score (nSPS) is 12.9. The lowest BCUT2D eigenvalue weighted by molar-refractivity contribution is -0.135. The molecular formula is C11H17NOS. The number of thiophene rings is 1. The Labute approximate surface area is 89.5 Å². The van der Waals surface area contributed by atoms with Gasteiger partial charge in [0.15, 0.2) is 0 Å². The molecule has 1 amide bonds. The molecular weight excluding hydrogens is 194 g/mol. The van der Waals surface area contributed by atoms with Gasteiger partial charge < -0.3 is 4.90 Å². The van der Waals surface area contributed by atoms with Crippen LogP contribution >= 0.6 is 11.3 Å². The van der Waals surface area contributed by atoms with E-state index in [-0.39, 0.29) is 17.9 Å². The van der Waals surface area contributed by atoms with Gasteiger partial charge in [0.1, 0.15) is 0 Å². The van der Waals surface area contributed by atoms with E-state index >= 15 is 0 Å². The number of hydrogen-bond acceptors (Lipinski definition) is 2. The number of hydrogen-bond donors (Lipinski definition) is 0. The first-order chi connectivity index (χ1) is 6.54. The van der Waals surface area contributed by atoms with Crippen LogP contribution < -0.4 is 0 Å². The molecule has 0 fully saturated rings. The minimum absolute atomic E-state index is 0.0717. The van der Waals surface area contributed by atoms with Crippen molar-refractivity contribution in [1.82, 2.24) is 4.90 Å². The van der Waals surface area contributed by atoms with Crippen LogP contribution in [0.1, 0.15) is 31.7 Å². The van der Waals surface area contributed by atoms with Gasteiger partial charge in [-0.3, -0.25) is 4.79 Å². The zero-order valence-electron chi connectivity index (χ0n) is 9.15. The summed E-state index contributed by atoms with van der Waals surface area (Å²) in [7, 11) is 1.87. The van der Waals surface area contributed by atoms with Crippen LogP contribution in [0, 0.1) is 5.92 Å². The summed E-state index contributed by atoms with van der Waals surface area (Å²) in [5, 5.41) is 2.04. The molecule has 1 heterocycles. The van der Waals surface area contributed by atoms with Gasteiger partial charge in [-0.2, -0.15) is 0 Å². The van der Waals surface area contributed by atoms with Crippen molar-refractivity contribution >= 4 is 17.2 Å². The molecule has 0 aliphatic rings. The van der Waals surface area contributed by atoms with Gasteiger partial charge in [-0.25, -0.2) is 0 Å². The minimum atomic E-state index is 0.0717. The van der Waals surface area contributed by atoms with Crippen LogP contribution in [0.25, 0.3) is 0 Å². The fourth-order valence-electron chi connectivity index (χ4n) is 1.32. The Morgan fingerprint density at radius 3 is 2.50 bits per heavy atom. The summed E-state index contributed by atoms with van der Waals surface area (Å²) in [5.74, 6) is 0.272. The number of carbonyl (C=O) groups excluding carboxylic acids is 1. The number of amides is 1. The average molecular weight is 211 g/mol. The van der Waals surface area contributed by atoms with Crippen LogP contribution in [0.5, 0.6) is 0 Å². The summed E-state index contributed by atoms with van der Waals surface area (Å²) < 4.78 is 0. The van der Waals surface area contributed by atoms with Gasteiger partial charge in [0.25, 0.3) is 0 Å². The van der Waals surface area contributed by atoms with Gasteiger partial charge in [-0.05, 0) is 18.4 Å². The Morgan fingerprint density at radius 2 is 2.07 bits per heavy atom. The van der Waals surface area contributed by atoms with E-state index in [9.17, 15) is 4.79 Å². The minimum Gasteiger partial charge on any atom is -0.338 e. The maximum Gasteiger partial charge on any atom is 0.225 e. The van der Waals surface area contributed by atoms with E-state index < -0.39 is 0 Å². The highest BCUT2D eigenvalue weighted by molar-refractivity contribution is 7.10. The first kappa shape index (κ1) is 11.2. The molecule has 1 aromatic rings. The molecule has 0 spiro atoms. The van der Waals surface area contributed by atoms with Gasteiger partial charge in [-0.1, -0.05) is 19.9 Å². The van der Waals surface area contributed by atoms with Crippen molar-refractivity contribution in [1.29, 1.82) is 0 Å². The standard InChI is InChI=1S/C11H17NOS/c1-8(2)11(13)12(4)9(3)10-6-5-7-14-10/h5-9H,1-4H3. The summed E-state index contributed by atoms with van der Waals surface area (Å²) in [6, 6.07) is 4.27. The van der Waals surface area contributed by atoms with E-state index in [4.69, 9.17) is 0 Å². The van der Waals surface area contributed by atoms with Gasteiger partial charge in [0.05, 0.1) is 6.04 Å². The van der Waals surface area contributed by atoms with Crippen LogP contribution in [0.15, 0.2) is 17.5 Å². The second-order valence-corrected chi connectivity index (χ2v) is 4.77. The van der Waals surface area contributed by atoms with Gasteiger partial charge in [0.2, 0.25) is 5.91 Å². The van der Waals surface area contributed by atoms with E-state index in [0.29, 0.717) is 0 Å². The maximum absolute atomic E-state index is 11.7. The lowest BCUT2D eigenvalue weighted by atomic mass is 10.1. The second kappa shape index (κ2) is 4.60. The summed E-state index contributed by atoms with van der Waals surface area (Å²) in [5.41, 5.74) is 0. The van der Waals surface area contributed by atoms with Crippen molar-refractivity contribution in [3.63, 3.8) is 0 Å². The third-order valence-corrected chi connectivity index (χ3v) is 3.42. The van der Waals surface area contributed by atoms with E-state index in [1.165, 1.54) is 4.88 Å². The molecule has 0 radical (unpaired) electrons. The maximum atomic E-state index is 11.7. The fourth-order valence-corrected chi connectivity index (χ4v) is 2.14. The zero-order valence-corrected chi connectivity index (χ0v) is 9.97. The van der Waals surface area contributed by atoms with E-state index in [1.807, 2.05) is 37.2 Å². The molecule has 78 valence electrons. The third kappa shape index (κ3) is 2.35. The van der Waals surface area contributed by atoms with Crippen LogP contribution in [-0.4, -0.2) is 17.9 Å².